The molecule has 0 saturated heterocycles. The Bertz CT molecular complexity index is 246. The van der Waals surface area contributed by atoms with Crippen molar-refractivity contribution >= 4 is 28.8 Å². The fourth-order valence-corrected chi connectivity index (χ4v) is 3.65. The first-order valence-corrected chi connectivity index (χ1v) is 8.04. The van der Waals surface area contributed by atoms with Crippen molar-refractivity contribution in [1.82, 2.24) is 8.85 Å². The van der Waals surface area contributed by atoms with E-state index < -0.39 is 0 Å². The van der Waals surface area contributed by atoms with E-state index in [1.54, 1.807) is 0 Å². The van der Waals surface area contributed by atoms with Crippen LogP contribution in [-0.4, -0.2) is 18.0 Å². The second kappa shape index (κ2) is 6.92. The first kappa shape index (κ1) is 13.6. The second-order valence-corrected chi connectivity index (χ2v) is 6.12. The number of amides is 1. The first-order valence-electron chi connectivity index (χ1n) is 6.96. The van der Waals surface area contributed by atoms with Crippen molar-refractivity contribution in [3.05, 3.63) is 0 Å². The van der Waals surface area contributed by atoms with Gasteiger partial charge in [0.2, 0.25) is 5.91 Å². The zero-order chi connectivity index (χ0) is 12.1. The number of carbonyl (C=O) groups excluding carboxylic acids is 1. The van der Waals surface area contributed by atoms with Gasteiger partial charge < -0.3 is 5.32 Å². The fraction of sp³-hybridized carbons (Fsp3) is 0.923. The normalized spacial score (nSPS) is 31.1. The van der Waals surface area contributed by atoms with Crippen molar-refractivity contribution in [2.24, 2.45) is 5.92 Å². The van der Waals surface area contributed by atoms with Crippen LogP contribution in [0.25, 0.3) is 0 Å². The Kier molecular flexibility index (Phi) is 5.53. The summed E-state index contributed by atoms with van der Waals surface area (Å²) in [7, 11) is 0. The summed E-state index contributed by atoms with van der Waals surface area (Å²) in [6.07, 6.45) is 10.7. The Balaban J connectivity index is 1.72. The first-order chi connectivity index (χ1) is 8.29. The molecule has 0 aromatic heterocycles. The lowest BCUT2D eigenvalue weighted by Gasteiger charge is -2.29. The molecule has 0 atom stereocenters. The summed E-state index contributed by atoms with van der Waals surface area (Å²) in [5.41, 5.74) is 0. The predicted octanol–water partition coefficient (Wildman–Crippen LogP) is 2.93. The number of carbonyl (C=O) groups is 1. The van der Waals surface area contributed by atoms with Crippen LogP contribution >= 0.6 is 22.9 Å². The molecule has 3 nitrogen and oxygen atoms in total. The van der Waals surface area contributed by atoms with E-state index in [0.29, 0.717) is 18.0 Å². The molecular formula is C13H23IN2O. The third-order valence-electron chi connectivity index (χ3n) is 4.20. The summed E-state index contributed by atoms with van der Waals surface area (Å²) in [6, 6.07) is 1.09. The smallest absolute Gasteiger partial charge is 0.223 e. The maximum absolute atomic E-state index is 12.1. The Morgan fingerprint density at radius 3 is 2.12 bits per heavy atom. The molecular weight excluding hydrogens is 327 g/mol. The zero-order valence-electron chi connectivity index (χ0n) is 10.4. The van der Waals surface area contributed by atoms with Crippen LogP contribution in [0.5, 0.6) is 0 Å². The van der Waals surface area contributed by atoms with Crippen LogP contribution in [0.15, 0.2) is 0 Å². The molecule has 2 rings (SSSR count). The van der Waals surface area contributed by atoms with Crippen molar-refractivity contribution in [3.63, 3.8) is 0 Å². The van der Waals surface area contributed by atoms with Crippen LogP contribution in [0, 0.1) is 5.92 Å². The van der Waals surface area contributed by atoms with Gasteiger partial charge in [0.1, 0.15) is 0 Å². The molecule has 0 radical (unpaired) electrons. The minimum atomic E-state index is 0.276. The van der Waals surface area contributed by atoms with E-state index in [9.17, 15) is 4.79 Å². The van der Waals surface area contributed by atoms with Gasteiger partial charge in [0.25, 0.3) is 0 Å². The fourth-order valence-electron chi connectivity index (χ4n) is 3.03. The third-order valence-corrected chi connectivity index (χ3v) is 5.08. The quantitative estimate of drug-likeness (QED) is 0.607. The molecule has 0 aromatic rings. The maximum atomic E-state index is 12.1. The van der Waals surface area contributed by atoms with E-state index in [2.05, 4.69) is 31.7 Å². The highest BCUT2D eigenvalue weighted by atomic mass is 127. The van der Waals surface area contributed by atoms with Crippen molar-refractivity contribution in [2.75, 3.05) is 0 Å². The summed E-state index contributed by atoms with van der Waals surface area (Å²) >= 11 is 2.23. The van der Waals surface area contributed by atoms with Gasteiger partial charge >= 0.3 is 0 Å². The second-order valence-electron chi connectivity index (χ2n) is 5.50. The minimum absolute atomic E-state index is 0.276. The largest absolute Gasteiger partial charge is 0.353 e. The Labute approximate surface area is 118 Å². The molecule has 2 fully saturated rings. The van der Waals surface area contributed by atoms with Gasteiger partial charge in [-0.25, -0.2) is 0 Å². The minimum Gasteiger partial charge on any atom is -0.353 e. The van der Waals surface area contributed by atoms with Crippen LogP contribution < -0.4 is 8.85 Å². The van der Waals surface area contributed by atoms with Crippen molar-refractivity contribution in [3.8, 4) is 0 Å². The van der Waals surface area contributed by atoms with Crippen molar-refractivity contribution < 1.29 is 4.79 Å². The van der Waals surface area contributed by atoms with Gasteiger partial charge in [-0.1, -0.05) is 19.3 Å². The molecule has 2 aliphatic carbocycles. The summed E-state index contributed by atoms with van der Waals surface area (Å²) in [5.74, 6) is 0.599. The van der Waals surface area contributed by atoms with E-state index in [0.717, 1.165) is 25.7 Å². The molecule has 17 heavy (non-hydrogen) atoms. The average molecular weight is 350 g/mol. The van der Waals surface area contributed by atoms with Crippen LogP contribution in [0.2, 0.25) is 0 Å². The summed E-state index contributed by atoms with van der Waals surface area (Å²) in [5, 5.41) is 3.26. The zero-order valence-corrected chi connectivity index (χ0v) is 12.5. The van der Waals surface area contributed by atoms with Gasteiger partial charge in [0.05, 0.1) is 0 Å². The molecule has 0 unspecified atom stereocenters. The standard InChI is InChI=1S/C13H23IN2O/c14-16-12-8-6-10(7-9-12)13(17)15-11-4-2-1-3-5-11/h10-12,16H,1-9H2,(H,15,17)/t10-,12-. The van der Waals surface area contributed by atoms with Gasteiger partial charge in [-0.05, 0) is 38.5 Å². The van der Waals surface area contributed by atoms with Gasteiger partial charge in [-0.3, -0.25) is 8.32 Å². The van der Waals surface area contributed by atoms with Crippen molar-refractivity contribution in [2.45, 2.75) is 69.9 Å². The van der Waals surface area contributed by atoms with Crippen LogP contribution in [0.4, 0.5) is 0 Å². The van der Waals surface area contributed by atoms with Crippen LogP contribution in [0.1, 0.15) is 57.8 Å². The Morgan fingerprint density at radius 2 is 1.53 bits per heavy atom. The van der Waals surface area contributed by atoms with Crippen LogP contribution in [0.3, 0.4) is 0 Å². The lowest BCUT2D eigenvalue weighted by Crippen LogP contribution is -2.42. The Hall–Kier alpha value is 0.160. The summed E-state index contributed by atoms with van der Waals surface area (Å²) in [6.45, 7) is 0. The van der Waals surface area contributed by atoms with Gasteiger partial charge in [0, 0.05) is 40.9 Å². The monoisotopic (exact) mass is 350 g/mol. The molecule has 1 amide bonds. The molecule has 2 aliphatic rings. The molecule has 4 heteroatoms. The number of rotatable bonds is 3. The molecule has 2 saturated carbocycles. The third kappa shape index (κ3) is 4.09. The number of hydrogen-bond acceptors (Lipinski definition) is 2. The highest BCUT2D eigenvalue weighted by Crippen LogP contribution is 2.26. The number of halogens is 1. The van der Waals surface area contributed by atoms with Crippen molar-refractivity contribution in [1.29, 1.82) is 0 Å². The van der Waals surface area contributed by atoms with E-state index in [1.807, 2.05) is 0 Å². The molecule has 0 aliphatic heterocycles. The topological polar surface area (TPSA) is 41.1 Å². The van der Waals surface area contributed by atoms with E-state index >= 15 is 0 Å². The van der Waals surface area contributed by atoms with E-state index in [-0.39, 0.29) is 5.92 Å². The molecule has 0 heterocycles. The molecule has 0 bridgehead atoms. The van der Waals surface area contributed by atoms with Crippen LogP contribution in [-0.2, 0) is 4.79 Å². The SMILES string of the molecule is O=C(NC1CCCCC1)[C@H]1CC[C@H](NI)CC1. The van der Waals surface area contributed by atoms with Gasteiger partial charge in [-0.2, -0.15) is 0 Å². The molecule has 98 valence electrons. The Morgan fingerprint density at radius 1 is 0.882 bits per heavy atom. The molecule has 2 N–H and O–H groups in total. The average Bonchev–Trinajstić information content (AvgIpc) is 2.40. The number of hydrogen-bond donors (Lipinski definition) is 2. The highest BCUT2D eigenvalue weighted by molar-refractivity contribution is 14.1. The predicted molar refractivity (Wildman–Crippen MR) is 77.9 cm³/mol. The lowest BCUT2D eigenvalue weighted by atomic mass is 9.85. The lowest BCUT2D eigenvalue weighted by molar-refractivity contribution is -0.126. The molecule has 0 spiro atoms. The molecule has 0 aromatic carbocycles. The highest BCUT2D eigenvalue weighted by Gasteiger charge is 2.27. The van der Waals surface area contributed by atoms with E-state index in [4.69, 9.17) is 0 Å². The number of nitrogens with one attached hydrogen (secondary N) is 2. The maximum Gasteiger partial charge on any atom is 0.223 e. The summed E-state index contributed by atoms with van der Waals surface area (Å²) in [4.78, 5) is 12.1. The summed E-state index contributed by atoms with van der Waals surface area (Å²) < 4.78 is 3.28. The van der Waals surface area contributed by atoms with Gasteiger partial charge in [0.15, 0.2) is 0 Å². The van der Waals surface area contributed by atoms with Gasteiger partial charge in [-0.15, -0.1) is 0 Å². The van der Waals surface area contributed by atoms with E-state index in [1.165, 1.54) is 32.1 Å².